The maximum Gasteiger partial charge on any atom is 0.503 e. The van der Waals surface area contributed by atoms with E-state index in [9.17, 15) is 51.0 Å². The van der Waals surface area contributed by atoms with Gasteiger partial charge in [0.05, 0.1) is 32.4 Å². The van der Waals surface area contributed by atoms with Crippen molar-refractivity contribution in [3.63, 3.8) is 0 Å². The second-order valence-electron chi connectivity index (χ2n) is 7.25. The van der Waals surface area contributed by atoms with Crippen LogP contribution < -0.4 is 0 Å². The van der Waals surface area contributed by atoms with Crippen LogP contribution in [0.25, 0.3) is 20.2 Å². The number of nitro groups is 2. The van der Waals surface area contributed by atoms with E-state index in [4.69, 9.17) is 0 Å². The third kappa shape index (κ3) is 3.33. The molecule has 0 radical (unpaired) electrons. The Morgan fingerprint density at radius 2 is 1.03 bits per heavy atom. The number of halogens is 9. The molecule has 0 amide bonds. The SMILES string of the molecule is Cc1cc2c3cc(C)c([N+](=O)[O-])cc3[s+](C(F)(F)C(F)(F)C(F)(F)C(F)(F)F)c2cc1[N+](=O)[O-]. The molecule has 0 bridgehead atoms. The van der Waals surface area contributed by atoms with E-state index in [-0.39, 0.29) is 21.9 Å². The van der Waals surface area contributed by atoms with E-state index in [2.05, 4.69) is 0 Å². The molecule has 0 saturated carbocycles. The summed E-state index contributed by atoms with van der Waals surface area (Å²) in [6.07, 6.45) is -7.08. The first-order chi connectivity index (χ1) is 15.3. The number of fused-ring (bicyclic) bond motifs is 3. The largest absolute Gasteiger partial charge is 0.503 e. The van der Waals surface area contributed by atoms with Gasteiger partial charge >= 0.3 is 23.3 Å². The van der Waals surface area contributed by atoms with Crippen LogP contribution in [0.5, 0.6) is 0 Å². The second-order valence-corrected chi connectivity index (χ2v) is 9.26. The third-order valence-electron chi connectivity index (χ3n) is 5.09. The van der Waals surface area contributed by atoms with Crippen LogP contribution in [-0.2, 0) is 5.25 Å². The highest BCUT2D eigenvalue weighted by Crippen LogP contribution is 2.65. The highest BCUT2D eigenvalue weighted by atomic mass is 32.2. The van der Waals surface area contributed by atoms with Gasteiger partial charge in [-0.25, -0.2) is 0 Å². The van der Waals surface area contributed by atoms with Crippen molar-refractivity contribution in [3.05, 3.63) is 55.6 Å². The average Bonchev–Trinajstić information content (AvgIpc) is 2.98. The average molecular weight is 521 g/mol. The predicted octanol–water partition coefficient (Wildman–Crippen LogP) is 7.56. The Morgan fingerprint density at radius 3 is 1.32 bits per heavy atom. The van der Waals surface area contributed by atoms with Crippen molar-refractivity contribution < 1.29 is 49.4 Å². The zero-order chi connectivity index (χ0) is 26.2. The smallest absolute Gasteiger partial charge is 0.258 e. The van der Waals surface area contributed by atoms with Gasteiger partial charge in [0, 0.05) is 21.9 Å². The Labute approximate surface area is 184 Å². The minimum absolute atomic E-state index is 0.160. The van der Waals surface area contributed by atoms with Crippen LogP contribution in [0.2, 0.25) is 0 Å². The first kappa shape index (κ1) is 25.5. The number of nitro benzene ring substituents is 2. The minimum atomic E-state index is -7.20. The second kappa shape index (κ2) is 7.41. The van der Waals surface area contributed by atoms with Gasteiger partial charge in [0.25, 0.3) is 11.4 Å². The lowest BCUT2D eigenvalue weighted by Gasteiger charge is -2.29. The van der Waals surface area contributed by atoms with Crippen molar-refractivity contribution >= 4 is 42.0 Å². The summed E-state index contributed by atoms with van der Waals surface area (Å²) in [5.74, 6) is -14.2. The van der Waals surface area contributed by atoms with Gasteiger partial charge in [0.2, 0.25) is 0 Å². The molecule has 0 aliphatic rings. The van der Waals surface area contributed by atoms with Crippen LogP contribution >= 0.6 is 10.5 Å². The molecule has 34 heavy (non-hydrogen) atoms. The molecule has 0 saturated heterocycles. The zero-order valence-corrected chi connectivity index (χ0v) is 17.5. The van der Waals surface area contributed by atoms with E-state index >= 15 is 8.78 Å². The third-order valence-corrected chi connectivity index (χ3v) is 7.42. The Balaban J connectivity index is 2.58. The quantitative estimate of drug-likeness (QED) is 0.150. The van der Waals surface area contributed by atoms with Crippen LogP contribution in [0.3, 0.4) is 0 Å². The predicted molar refractivity (Wildman–Crippen MR) is 103 cm³/mol. The monoisotopic (exact) mass is 521 g/mol. The molecule has 1 aromatic heterocycles. The molecule has 2 aromatic carbocycles. The summed E-state index contributed by atoms with van der Waals surface area (Å²) >= 11 is 0. The van der Waals surface area contributed by atoms with Crippen molar-refractivity contribution in [1.82, 2.24) is 0 Å². The maximum atomic E-state index is 15.1. The van der Waals surface area contributed by atoms with Gasteiger partial charge in [-0.15, -0.1) is 8.78 Å². The summed E-state index contributed by atoms with van der Waals surface area (Å²) in [7, 11) is -3.68. The highest BCUT2D eigenvalue weighted by molar-refractivity contribution is 7.44. The van der Waals surface area contributed by atoms with Crippen molar-refractivity contribution in [3.8, 4) is 0 Å². The molecule has 0 aliphatic carbocycles. The number of thiophene rings is 1. The Morgan fingerprint density at radius 1 is 0.676 bits per heavy atom. The molecular formula is C18H10F9N2O4S+. The molecule has 3 aromatic rings. The van der Waals surface area contributed by atoms with E-state index < -0.39 is 64.4 Å². The Hall–Kier alpha value is -3.17. The van der Waals surface area contributed by atoms with Gasteiger partial charge in [-0.2, -0.15) is 30.7 Å². The summed E-state index contributed by atoms with van der Waals surface area (Å²) in [5, 5.41) is 15.6. The molecule has 0 N–H and O–H groups in total. The van der Waals surface area contributed by atoms with E-state index in [1.165, 1.54) is 0 Å². The van der Waals surface area contributed by atoms with E-state index in [1.807, 2.05) is 0 Å². The van der Waals surface area contributed by atoms with Gasteiger partial charge in [0.1, 0.15) is 0 Å². The van der Waals surface area contributed by atoms with E-state index in [1.54, 1.807) is 0 Å². The van der Waals surface area contributed by atoms with Crippen LogP contribution in [0.1, 0.15) is 11.1 Å². The lowest BCUT2D eigenvalue weighted by atomic mass is 10.1. The molecule has 3 rings (SSSR count). The van der Waals surface area contributed by atoms with Gasteiger partial charge < -0.3 is 0 Å². The van der Waals surface area contributed by atoms with Crippen molar-refractivity contribution in [1.29, 1.82) is 0 Å². The number of benzene rings is 2. The molecule has 184 valence electrons. The molecule has 0 fully saturated rings. The first-order valence-electron chi connectivity index (χ1n) is 8.80. The Kier molecular flexibility index (Phi) is 5.55. The van der Waals surface area contributed by atoms with E-state index in [0.717, 1.165) is 26.0 Å². The molecule has 16 heteroatoms. The standard InChI is InChI=1S/C18H10F9N2O4S/c1-7-3-9-10-4-8(2)12(29(32)33)6-14(10)34(13(9)5-11(7)28(30)31)18(26,27)16(21,22)15(19,20)17(23,24)25/h3-6H,1-2H3/q+1. The number of rotatable bonds is 5. The summed E-state index contributed by atoms with van der Waals surface area (Å²) in [5.41, 5.74) is -2.10. The molecule has 0 atom stereocenters. The Bertz CT molecular complexity index is 1290. The van der Waals surface area contributed by atoms with Crippen LogP contribution in [0.4, 0.5) is 50.9 Å². The van der Waals surface area contributed by atoms with Crippen molar-refractivity contribution in [2.75, 3.05) is 0 Å². The van der Waals surface area contributed by atoms with Gasteiger partial charge in [-0.3, -0.25) is 20.2 Å². The number of hydrogen-bond donors (Lipinski definition) is 0. The van der Waals surface area contributed by atoms with Crippen molar-refractivity contribution in [2.24, 2.45) is 0 Å². The molecule has 0 aliphatic heterocycles. The molecule has 0 spiro atoms. The molecule has 1 heterocycles. The highest BCUT2D eigenvalue weighted by Gasteiger charge is 2.86. The molecular weight excluding hydrogens is 511 g/mol. The summed E-state index contributed by atoms with van der Waals surface area (Å²) < 4.78 is 122. The summed E-state index contributed by atoms with van der Waals surface area (Å²) in [6, 6.07) is 2.57. The lowest BCUT2D eigenvalue weighted by Crippen LogP contribution is -2.58. The maximum absolute atomic E-state index is 15.1. The van der Waals surface area contributed by atoms with E-state index in [0.29, 0.717) is 12.1 Å². The normalized spacial score (nSPS) is 13.6. The zero-order valence-electron chi connectivity index (χ0n) is 16.6. The fourth-order valence-corrected chi connectivity index (χ4v) is 5.80. The van der Waals surface area contributed by atoms with Gasteiger partial charge in [0.15, 0.2) is 9.40 Å². The summed E-state index contributed by atoms with van der Waals surface area (Å²) in [4.78, 5) is 20.3. The number of aryl methyl sites for hydroxylation is 2. The summed E-state index contributed by atoms with van der Waals surface area (Å²) in [6.45, 7) is 2.30. The van der Waals surface area contributed by atoms with Crippen LogP contribution in [-0.4, -0.2) is 27.9 Å². The molecule has 6 nitrogen and oxygen atoms in total. The number of alkyl halides is 9. The van der Waals surface area contributed by atoms with Gasteiger partial charge in [-0.1, -0.05) is 0 Å². The minimum Gasteiger partial charge on any atom is -0.258 e. The van der Waals surface area contributed by atoms with Crippen LogP contribution in [0, 0.1) is 34.1 Å². The topological polar surface area (TPSA) is 86.3 Å². The lowest BCUT2D eigenvalue weighted by molar-refractivity contribution is -0.390. The fraction of sp³-hybridized carbons (Fsp3) is 0.333. The number of nitrogens with zero attached hydrogens (tertiary/aromatic N) is 2. The fourth-order valence-electron chi connectivity index (χ4n) is 3.39. The molecule has 0 unspecified atom stereocenters. The van der Waals surface area contributed by atoms with Gasteiger partial charge in [-0.05, 0) is 26.0 Å². The van der Waals surface area contributed by atoms with Crippen LogP contribution in [0.15, 0.2) is 24.3 Å². The first-order valence-corrected chi connectivity index (χ1v) is 10.0. The number of hydrogen-bond acceptors (Lipinski definition) is 4. The van der Waals surface area contributed by atoms with Crippen molar-refractivity contribution in [2.45, 2.75) is 37.1 Å².